The van der Waals surface area contributed by atoms with Crippen LogP contribution >= 0.6 is 35.6 Å². The van der Waals surface area contributed by atoms with Crippen molar-refractivity contribution in [1.82, 2.24) is 20.2 Å². The molecule has 1 fully saturated rings. The molecule has 0 saturated heterocycles. The largest absolute Gasteiger partial charge is 0.474 e. The fraction of sp³-hybridized carbons (Fsp3) is 0.222. The first-order valence-electron chi connectivity index (χ1n) is 8.65. The Hall–Kier alpha value is -2.55. The van der Waals surface area contributed by atoms with E-state index in [4.69, 9.17) is 27.9 Å². The molecule has 0 atom stereocenters. The smallest absolute Gasteiger partial charge is 0.262 e. The molecule has 0 unspecified atom stereocenters. The van der Waals surface area contributed by atoms with Gasteiger partial charge in [0.2, 0.25) is 11.8 Å². The van der Waals surface area contributed by atoms with E-state index in [0.717, 1.165) is 19.3 Å². The third kappa shape index (κ3) is 4.90. The maximum Gasteiger partial charge on any atom is 0.262 e. The SMILES string of the molecule is Cl.O=C(Nc1c(Cl)cccc1Cl)c1cnc(Nc2cn[nH]c2)nc1OC1CCC1. The number of aromatic nitrogens is 4. The van der Waals surface area contributed by atoms with Crippen LogP contribution in [0.25, 0.3) is 0 Å². The number of para-hydroxylation sites is 1. The highest BCUT2D eigenvalue weighted by molar-refractivity contribution is 6.40. The van der Waals surface area contributed by atoms with Crippen molar-refractivity contribution >= 4 is 58.8 Å². The van der Waals surface area contributed by atoms with Crippen molar-refractivity contribution in [2.75, 3.05) is 10.6 Å². The molecule has 1 aliphatic rings. The Morgan fingerprint density at radius 1 is 1.21 bits per heavy atom. The van der Waals surface area contributed by atoms with Gasteiger partial charge < -0.3 is 15.4 Å². The second-order valence-electron chi connectivity index (χ2n) is 6.25. The van der Waals surface area contributed by atoms with Gasteiger partial charge in [-0.1, -0.05) is 29.3 Å². The number of anilines is 3. The van der Waals surface area contributed by atoms with E-state index in [2.05, 4.69) is 30.8 Å². The number of halogens is 3. The molecule has 3 aromatic rings. The van der Waals surface area contributed by atoms with E-state index in [0.29, 0.717) is 27.4 Å². The number of nitrogens with zero attached hydrogens (tertiary/aromatic N) is 3. The van der Waals surface area contributed by atoms with E-state index in [1.54, 1.807) is 30.6 Å². The minimum absolute atomic E-state index is 0. The van der Waals surface area contributed by atoms with Gasteiger partial charge >= 0.3 is 0 Å². The molecule has 0 aliphatic heterocycles. The summed E-state index contributed by atoms with van der Waals surface area (Å²) in [5.41, 5.74) is 1.21. The Balaban J connectivity index is 0.00000240. The third-order valence-electron chi connectivity index (χ3n) is 4.28. The lowest BCUT2D eigenvalue weighted by Crippen LogP contribution is -2.27. The van der Waals surface area contributed by atoms with Crippen molar-refractivity contribution in [2.24, 2.45) is 0 Å². The zero-order valence-electron chi connectivity index (χ0n) is 15.0. The van der Waals surface area contributed by atoms with E-state index < -0.39 is 5.91 Å². The van der Waals surface area contributed by atoms with Gasteiger partial charge in [-0.3, -0.25) is 9.89 Å². The quantitative estimate of drug-likeness (QED) is 0.490. The van der Waals surface area contributed by atoms with E-state index in [-0.39, 0.29) is 30.0 Å². The average molecular weight is 456 g/mol. The minimum atomic E-state index is -0.459. The Kier molecular flexibility index (Phi) is 6.79. The van der Waals surface area contributed by atoms with Crippen molar-refractivity contribution in [1.29, 1.82) is 0 Å². The first kappa shape index (κ1) is 21.2. The van der Waals surface area contributed by atoms with Crippen LogP contribution in [-0.4, -0.2) is 32.2 Å². The van der Waals surface area contributed by atoms with Crippen LogP contribution in [0.1, 0.15) is 29.6 Å². The molecular weight excluding hydrogens is 439 g/mol. The lowest BCUT2D eigenvalue weighted by Gasteiger charge is -2.26. The predicted octanol–water partition coefficient (Wildman–Crippen LogP) is 4.86. The van der Waals surface area contributed by atoms with Gasteiger partial charge in [-0.05, 0) is 31.4 Å². The molecule has 4 rings (SSSR count). The van der Waals surface area contributed by atoms with E-state index in [1.165, 1.54) is 6.20 Å². The summed E-state index contributed by atoms with van der Waals surface area (Å²) >= 11 is 12.3. The molecule has 1 aliphatic carbocycles. The molecule has 3 N–H and O–H groups in total. The van der Waals surface area contributed by atoms with Crippen molar-refractivity contribution in [2.45, 2.75) is 25.4 Å². The topological polar surface area (TPSA) is 105 Å². The standard InChI is InChI=1S/C18H16Cl2N6O2.ClH/c19-13-5-2-6-14(20)15(13)25-16(27)12-9-21-18(24-10-7-22-23-8-10)26-17(12)28-11-3-1-4-11;/h2,5-9,11H,1,3-4H2,(H,22,23)(H,25,27)(H,21,24,26);1H. The van der Waals surface area contributed by atoms with Gasteiger partial charge in [-0.25, -0.2) is 4.98 Å². The number of H-pyrrole nitrogens is 1. The van der Waals surface area contributed by atoms with Gasteiger partial charge in [0.15, 0.2) is 0 Å². The molecule has 0 bridgehead atoms. The highest BCUT2D eigenvalue weighted by Gasteiger charge is 2.25. The number of amides is 1. The molecule has 1 saturated carbocycles. The summed E-state index contributed by atoms with van der Waals surface area (Å²) in [4.78, 5) is 21.4. The van der Waals surface area contributed by atoms with Crippen LogP contribution in [0, 0.1) is 0 Å². The van der Waals surface area contributed by atoms with E-state index in [1.807, 2.05) is 0 Å². The lowest BCUT2D eigenvalue weighted by molar-refractivity contribution is 0.0979. The second-order valence-corrected chi connectivity index (χ2v) is 7.06. The van der Waals surface area contributed by atoms with Gasteiger partial charge in [-0.15, -0.1) is 12.4 Å². The summed E-state index contributed by atoms with van der Waals surface area (Å²) in [6.07, 6.45) is 7.63. The zero-order valence-corrected chi connectivity index (χ0v) is 17.3. The lowest BCUT2D eigenvalue weighted by atomic mass is 9.96. The fourth-order valence-corrected chi connectivity index (χ4v) is 3.06. The molecule has 0 radical (unpaired) electrons. The molecule has 2 aromatic heterocycles. The van der Waals surface area contributed by atoms with Gasteiger partial charge in [0.05, 0.1) is 27.6 Å². The Morgan fingerprint density at radius 2 is 1.97 bits per heavy atom. The van der Waals surface area contributed by atoms with Crippen molar-refractivity contribution < 1.29 is 9.53 Å². The maximum atomic E-state index is 12.8. The van der Waals surface area contributed by atoms with Gasteiger partial charge in [-0.2, -0.15) is 10.1 Å². The van der Waals surface area contributed by atoms with Gasteiger partial charge in [0.1, 0.15) is 11.7 Å². The number of benzene rings is 1. The normalized spacial score (nSPS) is 13.2. The number of aromatic amines is 1. The average Bonchev–Trinajstić information content (AvgIpc) is 3.14. The first-order valence-corrected chi connectivity index (χ1v) is 9.40. The minimum Gasteiger partial charge on any atom is -0.474 e. The summed E-state index contributed by atoms with van der Waals surface area (Å²) in [6, 6.07) is 4.98. The second kappa shape index (κ2) is 9.30. The van der Waals surface area contributed by atoms with E-state index >= 15 is 0 Å². The summed E-state index contributed by atoms with van der Waals surface area (Å²) in [6.45, 7) is 0. The molecule has 1 aromatic carbocycles. The number of carbonyl (C=O) groups is 1. The number of ether oxygens (including phenoxy) is 1. The number of carbonyl (C=O) groups excluding carboxylic acids is 1. The van der Waals surface area contributed by atoms with Crippen LogP contribution < -0.4 is 15.4 Å². The van der Waals surface area contributed by atoms with Crippen LogP contribution in [0.4, 0.5) is 17.3 Å². The molecule has 0 spiro atoms. The Bertz CT molecular complexity index is 975. The van der Waals surface area contributed by atoms with Crippen molar-refractivity contribution in [3.63, 3.8) is 0 Å². The molecule has 1 amide bonds. The zero-order chi connectivity index (χ0) is 19.5. The monoisotopic (exact) mass is 454 g/mol. The summed E-state index contributed by atoms with van der Waals surface area (Å²) in [5.74, 6) is 0.0357. The van der Waals surface area contributed by atoms with Crippen LogP contribution in [0.2, 0.25) is 10.0 Å². The number of hydrogen-bond donors (Lipinski definition) is 3. The predicted molar refractivity (Wildman–Crippen MR) is 114 cm³/mol. The highest BCUT2D eigenvalue weighted by atomic mass is 35.5. The van der Waals surface area contributed by atoms with Gasteiger partial charge in [0.25, 0.3) is 5.91 Å². The maximum absolute atomic E-state index is 12.8. The van der Waals surface area contributed by atoms with Crippen LogP contribution in [0.5, 0.6) is 5.88 Å². The highest BCUT2D eigenvalue weighted by Crippen LogP contribution is 2.32. The van der Waals surface area contributed by atoms with Crippen LogP contribution in [0.3, 0.4) is 0 Å². The van der Waals surface area contributed by atoms with Crippen LogP contribution in [-0.2, 0) is 0 Å². The Labute approximate surface area is 182 Å². The Morgan fingerprint density at radius 3 is 2.59 bits per heavy atom. The first-order chi connectivity index (χ1) is 13.6. The van der Waals surface area contributed by atoms with Crippen molar-refractivity contribution in [3.05, 3.63) is 52.4 Å². The molecule has 8 nitrogen and oxygen atoms in total. The van der Waals surface area contributed by atoms with Crippen LogP contribution in [0.15, 0.2) is 36.8 Å². The summed E-state index contributed by atoms with van der Waals surface area (Å²) in [7, 11) is 0. The molecular formula is C18H17Cl3N6O2. The van der Waals surface area contributed by atoms with Gasteiger partial charge in [0, 0.05) is 12.4 Å². The summed E-state index contributed by atoms with van der Waals surface area (Å²) < 4.78 is 5.92. The summed E-state index contributed by atoms with van der Waals surface area (Å²) in [5, 5.41) is 12.9. The number of nitrogens with one attached hydrogen (secondary N) is 3. The van der Waals surface area contributed by atoms with E-state index in [9.17, 15) is 4.79 Å². The number of hydrogen-bond acceptors (Lipinski definition) is 6. The molecule has 152 valence electrons. The van der Waals surface area contributed by atoms with Crippen molar-refractivity contribution in [3.8, 4) is 5.88 Å². The molecule has 2 heterocycles. The molecule has 29 heavy (non-hydrogen) atoms. The number of rotatable bonds is 6. The third-order valence-corrected chi connectivity index (χ3v) is 4.91. The fourth-order valence-electron chi connectivity index (χ4n) is 2.56. The molecule has 11 heteroatoms.